The van der Waals surface area contributed by atoms with E-state index in [1.807, 2.05) is 0 Å². The first-order valence-corrected chi connectivity index (χ1v) is 4.84. The minimum atomic E-state index is -0.153. The van der Waals surface area contributed by atoms with Crippen molar-refractivity contribution in [3.05, 3.63) is 28.8 Å². The second kappa shape index (κ2) is 3.50. The van der Waals surface area contributed by atoms with Gasteiger partial charge in [0.15, 0.2) is 0 Å². The van der Waals surface area contributed by atoms with Crippen molar-refractivity contribution in [3.63, 3.8) is 0 Å². The summed E-state index contributed by atoms with van der Waals surface area (Å²) in [5.41, 5.74) is 0.443. The van der Waals surface area contributed by atoms with Crippen LogP contribution in [0.2, 0.25) is 5.02 Å². The van der Waals surface area contributed by atoms with Crippen molar-refractivity contribution in [1.82, 2.24) is 5.32 Å². The van der Waals surface area contributed by atoms with E-state index in [2.05, 4.69) is 5.32 Å². The Morgan fingerprint density at radius 3 is 2.79 bits per heavy atom. The summed E-state index contributed by atoms with van der Waals surface area (Å²) in [7, 11) is 0. The molecule has 0 bridgehead atoms. The van der Waals surface area contributed by atoms with Crippen LogP contribution in [-0.2, 0) is 0 Å². The van der Waals surface area contributed by atoms with Crippen LogP contribution in [0.3, 0.4) is 0 Å². The summed E-state index contributed by atoms with van der Waals surface area (Å²) in [5.74, 6) is -0.213. The molecule has 1 saturated carbocycles. The number of benzene rings is 1. The summed E-state index contributed by atoms with van der Waals surface area (Å²) in [5, 5.41) is 12.4. The number of phenols is 1. The van der Waals surface area contributed by atoms with Gasteiger partial charge in [-0.15, -0.1) is 0 Å². The van der Waals surface area contributed by atoms with Crippen molar-refractivity contribution in [2.75, 3.05) is 0 Å². The Morgan fingerprint density at radius 2 is 2.21 bits per heavy atom. The topological polar surface area (TPSA) is 49.3 Å². The van der Waals surface area contributed by atoms with Gasteiger partial charge in [-0.25, -0.2) is 0 Å². The second-order valence-corrected chi connectivity index (χ2v) is 3.82. The van der Waals surface area contributed by atoms with Gasteiger partial charge in [-0.2, -0.15) is 0 Å². The van der Waals surface area contributed by atoms with Crippen molar-refractivity contribution in [1.29, 1.82) is 0 Å². The van der Waals surface area contributed by atoms with E-state index in [4.69, 9.17) is 11.6 Å². The van der Waals surface area contributed by atoms with Crippen LogP contribution < -0.4 is 5.32 Å². The van der Waals surface area contributed by atoms with Crippen LogP contribution in [0.15, 0.2) is 18.2 Å². The summed E-state index contributed by atoms with van der Waals surface area (Å²) in [6.07, 6.45) is 2.09. The van der Waals surface area contributed by atoms with Crippen LogP contribution in [0.5, 0.6) is 5.75 Å². The molecule has 0 radical (unpaired) electrons. The number of halogens is 1. The third-order valence-electron chi connectivity index (χ3n) is 2.12. The fourth-order valence-corrected chi connectivity index (χ4v) is 1.27. The number of rotatable bonds is 2. The lowest BCUT2D eigenvalue weighted by Crippen LogP contribution is -2.25. The highest BCUT2D eigenvalue weighted by molar-refractivity contribution is 6.32. The van der Waals surface area contributed by atoms with Crippen molar-refractivity contribution in [2.45, 2.75) is 18.9 Å². The minimum Gasteiger partial charge on any atom is -0.506 e. The monoisotopic (exact) mass is 211 g/mol. The number of hydrogen-bond acceptors (Lipinski definition) is 2. The third kappa shape index (κ3) is 1.99. The van der Waals surface area contributed by atoms with Crippen molar-refractivity contribution < 1.29 is 9.90 Å². The first-order chi connectivity index (χ1) is 6.66. The van der Waals surface area contributed by atoms with Crippen LogP contribution in [0.4, 0.5) is 0 Å². The van der Waals surface area contributed by atoms with Gasteiger partial charge in [0, 0.05) is 11.6 Å². The maximum Gasteiger partial charge on any atom is 0.251 e. The summed E-state index contributed by atoms with van der Waals surface area (Å²) in [6.45, 7) is 0. The molecule has 0 saturated heterocycles. The Hall–Kier alpha value is -1.22. The fraction of sp³-hybridized carbons (Fsp3) is 0.300. The van der Waals surface area contributed by atoms with Crippen molar-refractivity contribution >= 4 is 17.5 Å². The zero-order valence-corrected chi connectivity index (χ0v) is 8.21. The molecule has 4 heteroatoms. The fourth-order valence-electron chi connectivity index (χ4n) is 1.15. The highest BCUT2D eigenvalue weighted by Crippen LogP contribution is 2.24. The van der Waals surface area contributed by atoms with E-state index in [1.165, 1.54) is 12.1 Å². The molecule has 0 aromatic heterocycles. The summed E-state index contributed by atoms with van der Waals surface area (Å²) in [4.78, 5) is 11.5. The quantitative estimate of drug-likeness (QED) is 0.786. The van der Waals surface area contributed by atoms with E-state index in [1.54, 1.807) is 6.07 Å². The molecule has 0 heterocycles. The number of carbonyl (C=O) groups is 1. The zero-order valence-electron chi connectivity index (χ0n) is 7.46. The molecule has 1 fully saturated rings. The van der Waals surface area contributed by atoms with Crippen LogP contribution in [0, 0.1) is 0 Å². The molecule has 1 aliphatic carbocycles. The van der Waals surface area contributed by atoms with E-state index >= 15 is 0 Å². The molecule has 0 atom stereocenters. The Kier molecular flexibility index (Phi) is 2.33. The summed E-state index contributed by atoms with van der Waals surface area (Å²) >= 11 is 5.62. The summed E-state index contributed by atoms with van der Waals surface area (Å²) in [6, 6.07) is 4.80. The van der Waals surface area contributed by atoms with Gasteiger partial charge in [-0.05, 0) is 31.0 Å². The van der Waals surface area contributed by atoms with Gasteiger partial charge in [0.2, 0.25) is 0 Å². The number of aromatic hydroxyl groups is 1. The molecule has 1 aliphatic rings. The van der Waals surface area contributed by atoms with Gasteiger partial charge in [0.25, 0.3) is 5.91 Å². The standard InChI is InChI=1S/C10H10ClNO2/c11-8-4-1-6(5-9(8)13)10(14)12-7-2-3-7/h1,4-5,7,13H,2-3H2,(H,12,14). The molecule has 14 heavy (non-hydrogen) atoms. The van der Waals surface area contributed by atoms with Crippen LogP contribution in [0.1, 0.15) is 23.2 Å². The SMILES string of the molecule is O=C(NC1CC1)c1ccc(Cl)c(O)c1. The maximum absolute atomic E-state index is 11.5. The molecule has 2 rings (SSSR count). The molecule has 3 nitrogen and oxygen atoms in total. The molecule has 0 spiro atoms. The Balaban J connectivity index is 2.14. The van der Waals surface area contributed by atoms with Gasteiger partial charge < -0.3 is 10.4 Å². The average Bonchev–Trinajstić information content (AvgIpc) is 2.93. The molecule has 1 amide bonds. The second-order valence-electron chi connectivity index (χ2n) is 3.41. The van der Waals surface area contributed by atoms with Gasteiger partial charge >= 0.3 is 0 Å². The van der Waals surface area contributed by atoms with E-state index in [0.29, 0.717) is 11.6 Å². The zero-order chi connectivity index (χ0) is 10.1. The first kappa shape index (κ1) is 9.34. The highest BCUT2D eigenvalue weighted by Gasteiger charge is 2.23. The molecule has 0 aliphatic heterocycles. The van der Waals surface area contributed by atoms with Crippen LogP contribution in [-0.4, -0.2) is 17.1 Å². The lowest BCUT2D eigenvalue weighted by Gasteiger charge is -2.04. The smallest absolute Gasteiger partial charge is 0.251 e. The van der Waals surface area contributed by atoms with E-state index < -0.39 is 0 Å². The van der Waals surface area contributed by atoms with Gasteiger partial charge in [0.05, 0.1) is 5.02 Å². The van der Waals surface area contributed by atoms with E-state index in [0.717, 1.165) is 12.8 Å². The van der Waals surface area contributed by atoms with Crippen molar-refractivity contribution in [3.8, 4) is 5.75 Å². The van der Waals surface area contributed by atoms with Crippen molar-refractivity contribution in [2.24, 2.45) is 0 Å². The molecular formula is C10H10ClNO2. The van der Waals surface area contributed by atoms with Crippen LogP contribution in [0.25, 0.3) is 0 Å². The number of hydrogen-bond donors (Lipinski definition) is 2. The Bertz CT molecular complexity index is 374. The van der Waals surface area contributed by atoms with Gasteiger partial charge in [-0.3, -0.25) is 4.79 Å². The predicted molar refractivity (Wildman–Crippen MR) is 53.6 cm³/mol. The Labute approximate surface area is 86.7 Å². The van der Waals surface area contributed by atoms with E-state index in [9.17, 15) is 9.90 Å². The Morgan fingerprint density at radius 1 is 1.50 bits per heavy atom. The number of nitrogens with one attached hydrogen (secondary N) is 1. The molecule has 2 N–H and O–H groups in total. The van der Waals surface area contributed by atoms with E-state index in [-0.39, 0.29) is 16.7 Å². The normalized spacial score (nSPS) is 15.2. The first-order valence-electron chi connectivity index (χ1n) is 4.46. The average molecular weight is 212 g/mol. The molecule has 0 unspecified atom stereocenters. The third-order valence-corrected chi connectivity index (χ3v) is 2.44. The highest BCUT2D eigenvalue weighted by atomic mass is 35.5. The predicted octanol–water partition coefficient (Wildman–Crippen LogP) is 1.94. The molecular weight excluding hydrogens is 202 g/mol. The lowest BCUT2D eigenvalue weighted by molar-refractivity contribution is 0.0950. The molecule has 1 aromatic rings. The minimum absolute atomic E-state index is 0.0601. The maximum atomic E-state index is 11.5. The lowest BCUT2D eigenvalue weighted by atomic mass is 10.2. The molecule has 74 valence electrons. The number of carbonyl (C=O) groups excluding carboxylic acids is 1. The van der Waals surface area contributed by atoms with Gasteiger partial charge in [0.1, 0.15) is 5.75 Å². The number of amides is 1. The van der Waals surface area contributed by atoms with Gasteiger partial charge in [-0.1, -0.05) is 11.6 Å². The molecule has 1 aromatic carbocycles. The summed E-state index contributed by atoms with van der Waals surface area (Å²) < 4.78 is 0. The number of phenolic OH excluding ortho intramolecular Hbond substituents is 1. The largest absolute Gasteiger partial charge is 0.506 e. The van der Waals surface area contributed by atoms with Crippen LogP contribution >= 0.6 is 11.6 Å².